The highest BCUT2D eigenvalue weighted by Gasteiger charge is 2.47. The zero-order valence-electron chi connectivity index (χ0n) is 19.1. The van der Waals surface area contributed by atoms with Crippen molar-refractivity contribution in [2.45, 2.75) is 50.7 Å². The average molecular weight is 470 g/mol. The minimum absolute atomic E-state index is 0.0480. The maximum Gasteiger partial charge on any atom is 0.245 e. The fraction of sp³-hybridized carbons (Fsp3) is 0.542. The van der Waals surface area contributed by atoms with Gasteiger partial charge < -0.3 is 20.3 Å². The lowest BCUT2D eigenvalue weighted by molar-refractivity contribution is 0.0974. The molecule has 3 N–H and O–H groups in total. The topological polar surface area (TPSA) is 96.2 Å². The average Bonchev–Trinajstić information content (AvgIpc) is 3.40. The van der Waals surface area contributed by atoms with E-state index in [0.29, 0.717) is 35.5 Å². The minimum Gasteiger partial charge on any atom is -0.376 e. The molecule has 5 heterocycles. The predicted octanol–water partition coefficient (Wildman–Crippen LogP) is 3.58. The first-order valence-electron chi connectivity index (χ1n) is 11.9. The van der Waals surface area contributed by atoms with E-state index in [0.717, 1.165) is 44.0 Å². The third kappa shape index (κ3) is 3.34. The number of ether oxygens (including phenoxy) is 1. The van der Waals surface area contributed by atoms with Gasteiger partial charge in [-0.2, -0.15) is 5.10 Å². The highest BCUT2D eigenvalue weighted by Crippen LogP contribution is 2.44. The minimum atomic E-state index is -2.39. The molecule has 3 aliphatic rings. The molecule has 10 heteroatoms. The van der Waals surface area contributed by atoms with Crippen molar-refractivity contribution in [3.8, 4) is 0 Å². The maximum atomic E-state index is 13.6. The monoisotopic (exact) mass is 469 g/mol. The van der Waals surface area contributed by atoms with Gasteiger partial charge in [0.05, 0.1) is 18.9 Å². The Morgan fingerprint density at radius 2 is 2.00 bits per heavy atom. The molecule has 2 aromatic heterocycles. The standard InChI is InChI=1S/C24H29F2N7O/c1-14-20(27)24(13-34-14)7-10-32(11-8-24)18-12-28-19-22(29-18)30-31-23(19)33-9-6-16(21(25)26)15-4-2-3-5-17(15)33/h2-5,12,14,16,20-21H,6-11,13,27H2,1H3,(H,29,30,31)/t14-,16?,20+/m0/s1. The molecule has 0 amide bonds. The van der Waals surface area contributed by atoms with Gasteiger partial charge in [0.15, 0.2) is 17.0 Å². The van der Waals surface area contributed by atoms with Crippen LogP contribution in [0.2, 0.25) is 0 Å². The number of alkyl halides is 2. The lowest BCUT2D eigenvalue weighted by atomic mass is 9.73. The van der Waals surface area contributed by atoms with Crippen molar-refractivity contribution < 1.29 is 13.5 Å². The smallest absolute Gasteiger partial charge is 0.245 e. The fourth-order valence-corrected chi connectivity index (χ4v) is 5.85. The molecule has 3 aliphatic heterocycles. The van der Waals surface area contributed by atoms with Gasteiger partial charge in [0, 0.05) is 42.7 Å². The number of hydrogen-bond donors (Lipinski definition) is 2. The number of para-hydroxylation sites is 1. The van der Waals surface area contributed by atoms with Crippen molar-refractivity contribution in [1.82, 2.24) is 20.2 Å². The van der Waals surface area contributed by atoms with E-state index in [1.807, 2.05) is 17.0 Å². The van der Waals surface area contributed by atoms with E-state index in [1.165, 1.54) is 0 Å². The Morgan fingerprint density at radius 3 is 2.74 bits per heavy atom. The van der Waals surface area contributed by atoms with Gasteiger partial charge in [-0.15, -0.1) is 0 Å². The number of piperidine rings is 1. The first-order chi connectivity index (χ1) is 16.5. The molecule has 3 atom stereocenters. The van der Waals surface area contributed by atoms with E-state index in [9.17, 15) is 8.78 Å². The molecule has 0 saturated carbocycles. The summed E-state index contributed by atoms with van der Waals surface area (Å²) in [5, 5.41) is 7.50. The second-order valence-corrected chi connectivity index (χ2v) is 9.80. The lowest BCUT2D eigenvalue weighted by Crippen LogP contribution is -2.50. The molecule has 3 aromatic rings. The van der Waals surface area contributed by atoms with Crippen LogP contribution < -0.4 is 15.5 Å². The number of benzene rings is 1. The Hall–Kier alpha value is -2.85. The molecule has 1 unspecified atom stereocenters. The van der Waals surface area contributed by atoms with Gasteiger partial charge in [0.2, 0.25) is 6.43 Å². The molecular weight excluding hydrogens is 440 g/mol. The van der Waals surface area contributed by atoms with Gasteiger partial charge in [-0.25, -0.2) is 18.7 Å². The number of aromatic amines is 1. The van der Waals surface area contributed by atoms with Gasteiger partial charge in [-0.1, -0.05) is 18.2 Å². The van der Waals surface area contributed by atoms with Crippen LogP contribution in [0.3, 0.4) is 0 Å². The Kier molecular flexibility index (Phi) is 5.18. The summed E-state index contributed by atoms with van der Waals surface area (Å²) >= 11 is 0. The highest BCUT2D eigenvalue weighted by molar-refractivity contribution is 5.88. The van der Waals surface area contributed by atoms with Crippen LogP contribution in [0.15, 0.2) is 30.5 Å². The van der Waals surface area contributed by atoms with Crippen molar-refractivity contribution in [2.24, 2.45) is 11.1 Å². The van der Waals surface area contributed by atoms with Gasteiger partial charge in [0.25, 0.3) is 0 Å². The number of hydrogen-bond acceptors (Lipinski definition) is 7. The Morgan fingerprint density at radius 1 is 1.21 bits per heavy atom. The molecule has 0 aliphatic carbocycles. The summed E-state index contributed by atoms with van der Waals surface area (Å²) in [7, 11) is 0. The molecule has 180 valence electrons. The first-order valence-corrected chi connectivity index (χ1v) is 11.9. The summed E-state index contributed by atoms with van der Waals surface area (Å²) in [6.45, 7) is 4.92. The zero-order valence-corrected chi connectivity index (χ0v) is 19.1. The van der Waals surface area contributed by atoms with Crippen LogP contribution in [0.1, 0.15) is 37.7 Å². The molecule has 0 bridgehead atoms. The summed E-state index contributed by atoms with van der Waals surface area (Å²) in [6.07, 6.45) is 1.77. The SMILES string of the molecule is C[C@@H]1OCC2(CCN(c3cnc4c(N5CCC(C(F)F)c6ccccc65)n[nH]c4n3)CC2)[C@@H]1N. The largest absolute Gasteiger partial charge is 0.376 e. The van der Waals surface area contributed by atoms with Crippen LogP contribution in [0.25, 0.3) is 11.2 Å². The second-order valence-electron chi connectivity index (χ2n) is 9.80. The van der Waals surface area contributed by atoms with Crippen molar-refractivity contribution in [3.63, 3.8) is 0 Å². The Labute approximate surface area is 196 Å². The fourth-order valence-electron chi connectivity index (χ4n) is 5.85. The van der Waals surface area contributed by atoms with Gasteiger partial charge in [-0.3, -0.25) is 5.10 Å². The van der Waals surface area contributed by atoms with E-state index < -0.39 is 12.3 Å². The van der Waals surface area contributed by atoms with Crippen molar-refractivity contribution >= 4 is 28.5 Å². The van der Waals surface area contributed by atoms with E-state index in [4.69, 9.17) is 20.4 Å². The summed E-state index contributed by atoms with van der Waals surface area (Å²) in [6, 6.07) is 7.38. The van der Waals surface area contributed by atoms with Gasteiger partial charge in [-0.05, 0) is 37.8 Å². The second kappa shape index (κ2) is 8.13. The van der Waals surface area contributed by atoms with E-state index in [-0.39, 0.29) is 17.6 Å². The summed E-state index contributed by atoms with van der Waals surface area (Å²) in [4.78, 5) is 13.7. The lowest BCUT2D eigenvalue weighted by Gasteiger charge is -2.41. The Bertz CT molecular complexity index is 1190. The van der Waals surface area contributed by atoms with Crippen LogP contribution >= 0.6 is 0 Å². The number of aromatic nitrogens is 4. The van der Waals surface area contributed by atoms with E-state index in [1.54, 1.807) is 18.3 Å². The molecule has 8 nitrogen and oxygen atoms in total. The van der Waals surface area contributed by atoms with Crippen LogP contribution in [0.4, 0.5) is 26.1 Å². The zero-order chi connectivity index (χ0) is 23.4. The number of rotatable bonds is 3. The van der Waals surface area contributed by atoms with Crippen LogP contribution in [-0.2, 0) is 4.74 Å². The number of anilines is 3. The highest BCUT2D eigenvalue weighted by atomic mass is 19.3. The normalized spacial score (nSPS) is 26.6. The Balaban J connectivity index is 1.25. The quantitative estimate of drug-likeness (QED) is 0.605. The number of H-pyrrole nitrogens is 1. The van der Waals surface area contributed by atoms with Crippen molar-refractivity contribution in [2.75, 3.05) is 36.0 Å². The summed E-state index contributed by atoms with van der Waals surface area (Å²) < 4.78 is 33.0. The molecular formula is C24H29F2N7O. The third-order valence-corrected chi connectivity index (χ3v) is 8.02. The summed E-state index contributed by atoms with van der Waals surface area (Å²) in [5.41, 5.74) is 9.13. The van der Waals surface area contributed by atoms with E-state index >= 15 is 0 Å². The number of fused-ring (bicyclic) bond motifs is 2. The number of nitrogens with two attached hydrogens (primary N) is 1. The molecule has 1 spiro atoms. The van der Waals surface area contributed by atoms with Crippen LogP contribution in [0.5, 0.6) is 0 Å². The van der Waals surface area contributed by atoms with Crippen molar-refractivity contribution in [3.05, 3.63) is 36.0 Å². The van der Waals surface area contributed by atoms with Crippen molar-refractivity contribution in [1.29, 1.82) is 0 Å². The molecule has 0 radical (unpaired) electrons. The van der Waals surface area contributed by atoms with Crippen LogP contribution in [-0.4, -0.2) is 65.0 Å². The molecule has 6 rings (SSSR count). The first kappa shape index (κ1) is 21.7. The van der Waals surface area contributed by atoms with Gasteiger partial charge >= 0.3 is 0 Å². The molecule has 1 aromatic carbocycles. The predicted molar refractivity (Wildman–Crippen MR) is 126 cm³/mol. The van der Waals surface area contributed by atoms with Crippen LogP contribution in [0, 0.1) is 5.41 Å². The molecule has 2 fully saturated rings. The number of nitrogens with one attached hydrogen (secondary N) is 1. The van der Waals surface area contributed by atoms with E-state index in [2.05, 4.69) is 22.0 Å². The number of nitrogens with zero attached hydrogens (tertiary/aromatic N) is 5. The number of halogens is 2. The van der Waals surface area contributed by atoms with Gasteiger partial charge in [0.1, 0.15) is 5.82 Å². The third-order valence-electron chi connectivity index (χ3n) is 8.02. The molecule has 34 heavy (non-hydrogen) atoms. The maximum absolute atomic E-state index is 13.6. The molecule has 2 saturated heterocycles. The summed E-state index contributed by atoms with van der Waals surface area (Å²) in [5.74, 6) is 0.656.